The molecule has 0 spiro atoms. The van der Waals surface area contributed by atoms with Gasteiger partial charge in [-0.2, -0.15) is 13.2 Å². The molecule has 0 aromatic heterocycles. The number of piperazine rings is 1. The van der Waals surface area contributed by atoms with Gasteiger partial charge in [0.25, 0.3) is 0 Å². The van der Waals surface area contributed by atoms with Gasteiger partial charge < -0.3 is 19.7 Å². The molecule has 6 nitrogen and oxygen atoms in total. The molecule has 1 saturated heterocycles. The second kappa shape index (κ2) is 9.71. The van der Waals surface area contributed by atoms with Gasteiger partial charge in [0.1, 0.15) is 11.5 Å². The van der Waals surface area contributed by atoms with Crippen molar-refractivity contribution in [1.29, 1.82) is 0 Å². The topological polar surface area (TPSA) is 54.0 Å². The fourth-order valence-corrected chi connectivity index (χ4v) is 3.21. The van der Waals surface area contributed by atoms with E-state index in [0.717, 1.165) is 24.5 Å². The van der Waals surface area contributed by atoms with Gasteiger partial charge in [-0.1, -0.05) is 12.1 Å². The van der Waals surface area contributed by atoms with Gasteiger partial charge in [-0.05, 0) is 36.4 Å². The van der Waals surface area contributed by atoms with Crippen LogP contribution in [0, 0.1) is 0 Å². The average molecular weight is 423 g/mol. The van der Waals surface area contributed by atoms with Gasteiger partial charge in [0.15, 0.2) is 6.61 Å². The first kappa shape index (κ1) is 21.8. The van der Waals surface area contributed by atoms with Crippen molar-refractivity contribution in [3.63, 3.8) is 0 Å². The third kappa shape index (κ3) is 6.28. The second-order valence-corrected chi connectivity index (χ2v) is 6.91. The number of anilines is 2. The lowest BCUT2D eigenvalue weighted by Gasteiger charge is -2.35. The van der Waals surface area contributed by atoms with E-state index in [0.29, 0.717) is 13.1 Å². The Morgan fingerprint density at radius 3 is 2.33 bits per heavy atom. The van der Waals surface area contributed by atoms with E-state index in [2.05, 4.69) is 10.2 Å². The van der Waals surface area contributed by atoms with E-state index in [4.69, 9.17) is 9.47 Å². The molecule has 0 radical (unpaired) electrons. The number of halogens is 3. The Balaban J connectivity index is 1.49. The Kier molecular flexibility index (Phi) is 7.04. The van der Waals surface area contributed by atoms with Crippen molar-refractivity contribution < 1.29 is 27.4 Å². The summed E-state index contributed by atoms with van der Waals surface area (Å²) in [5.74, 6) is 0.497. The molecular formula is C21H24F3N3O3. The van der Waals surface area contributed by atoms with Gasteiger partial charge in [-0.3, -0.25) is 9.69 Å². The van der Waals surface area contributed by atoms with Crippen LogP contribution in [0.4, 0.5) is 24.5 Å². The average Bonchev–Trinajstić information content (AvgIpc) is 2.73. The highest BCUT2D eigenvalue weighted by Crippen LogP contribution is 2.26. The van der Waals surface area contributed by atoms with Crippen molar-refractivity contribution in [2.24, 2.45) is 0 Å². The summed E-state index contributed by atoms with van der Waals surface area (Å²) in [4.78, 5) is 16.6. The summed E-state index contributed by atoms with van der Waals surface area (Å²) >= 11 is 0. The minimum absolute atomic E-state index is 0.00694. The molecule has 1 aliphatic rings. The van der Waals surface area contributed by atoms with Gasteiger partial charge in [0, 0.05) is 31.9 Å². The molecule has 1 aliphatic heterocycles. The maximum atomic E-state index is 12.4. The number of methoxy groups -OCH3 is 1. The Morgan fingerprint density at radius 2 is 1.70 bits per heavy atom. The first-order valence-corrected chi connectivity index (χ1v) is 9.54. The van der Waals surface area contributed by atoms with E-state index in [9.17, 15) is 18.0 Å². The van der Waals surface area contributed by atoms with E-state index in [1.54, 1.807) is 19.2 Å². The molecule has 1 amide bonds. The van der Waals surface area contributed by atoms with Gasteiger partial charge in [-0.25, -0.2) is 0 Å². The number of nitrogens with one attached hydrogen (secondary N) is 1. The van der Waals surface area contributed by atoms with Crippen LogP contribution >= 0.6 is 0 Å². The number of hydrogen-bond acceptors (Lipinski definition) is 5. The van der Waals surface area contributed by atoms with Crippen molar-refractivity contribution in [3.8, 4) is 11.5 Å². The maximum absolute atomic E-state index is 12.4. The second-order valence-electron chi connectivity index (χ2n) is 6.91. The monoisotopic (exact) mass is 423 g/mol. The zero-order valence-corrected chi connectivity index (χ0v) is 16.6. The highest BCUT2D eigenvalue weighted by Gasteiger charge is 2.29. The fourth-order valence-electron chi connectivity index (χ4n) is 3.21. The van der Waals surface area contributed by atoms with Crippen molar-refractivity contribution >= 4 is 17.3 Å². The normalized spacial score (nSPS) is 15.0. The van der Waals surface area contributed by atoms with Gasteiger partial charge in [0.05, 0.1) is 19.3 Å². The molecule has 0 bridgehead atoms. The maximum Gasteiger partial charge on any atom is 0.422 e. The summed E-state index contributed by atoms with van der Waals surface area (Å²) < 4.78 is 47.2. The largest absolute Gasteiger partial charge is 0.497 e. The molecule has 0 saturated carbocycles. The molecule has 0 atom stereocenters. The molecule has 3 rings (SSSR count). The number of carbonyl (C=O) groups is 1. The predicted octanol–water partition coefficient (Wildman–Crippen LogP) is 3.40. The molecule has 0 unspecified atom stereocenters. The summed E-state index contributed by atoms with van der Waals surface area (Å²) in [7, 11) is 1.62. The van der Waals surface area contributed by atoms with Crippen LogP contribution in [-0.2, 0) is 4.79 Å². The van der Waals surface area contributed by atoms with E-state index >= 15 is 0 Å². The minimum atomic E-state index is -4.44. The molecular weight excluding hydrogens is 399 g/mol. The number of para-hydroxylation sites is 2. The molecule has 2 aromatic carbocycles. The van der Waals surface area contributed by atoms with Crippen molar-refractivity contribution in [2.45, 2.75) is 6.18 Å². The lowest BCUT2D eigenvalue weighted by molar-refractivity contribution is -0.153. The van der Waals surface area contributed by atoms with E-state index in [1.807, 2.05) is 29.2 Å². The molecule has 162 valence electrons. The number of alkyl halides is 3. The third-order valence-electron chi connectivity index (χ3n) is 4.73. The number of ether oxygens (including phenoxy) is 2. The number of benzene rings is 2. The van der Waals surface area contributed by atoms with Crippen molar-refractivity contribution in [3.05, 3.63) is 48.5 Å². The fraction of sp³-hybridized carbons (Fsp3) is 0.381. The first-order chi connectivity index (χ1) is 14.3. The van der Waals surface area contributed by atoms with Crippen LogP contribution in [0.25, 0.3) is 0 Å². The zero-order chi connectivity index (χ0) is 21.6. The predicted molar refractivity (Wildman–Crippen MR) is 108 cm³/mol. The Hall–Kier alpha value is -2.94. The van der Waals surface area contributed by atoms with E-state index in [-0.39, 0.29) is 23.9 Å². The van der Waals surface area contributed by atoms with Crippen LogP contribution < -0.4 is 19.7 Å². The van der Waals surface area contributed by atoms with Crippen molar-refractivity contribution in [1.82, 2.24) is 4.90 Å². The lowest BCUT2D eigenvalue weighted by atomic mass is 10.2. The summed E-state index contributed by atoms with van der Waals surface area (Å²) in [6.45, 7) is 1.68. The highest BCUT2D eigenvalue weighted by molar-refractivity contribution is 5.93. The smallest absolute Gasteiger partial charge is 0.422 e. The molecule has 1 N–H and O–H groups in total. The molecule has 1 fully saturated rings. The first-order valence-electron chi connectivity index (χ1n) is 9.54. The zero-order valence-electron chi connectivity index (χ0n) is 16.6. The lowest BCUT2D eigenvalue weighted by Crippen LogP contribution is -2.48. The number of nitrogens with zero attached hydrogens (tertiary/aromatic N) is 2. The van der Waals surface area contributed by atoms with E-state index in [1.165, 1.54) is 12.1 Å². The van der Waals surface area contributed by atoms with Crippen LogP contribution in [0.15, 0.2) is 48.5 Å². The highest BCUT2D eigenvalue weighted by atomic mass is 19.4. The molecule has 2 aromatic rings. The number of rotatable bonds is 7. The minimum Gasteiger partial charge on any atom is -0.497 e. The Bertz CT molecular complexity index is 835. The van der Waals surface area contributed by atoms with Gasteiger partial charge in [0.2, 0.25) is 5.91 Å². The summed E-state index contributed by atoms with van der Waals surface area (Å²) in [6.07, 6.45) is -4.44. The van der Waals surface area contributed by atoms with Crippen LogP contribution in [0.2, 0.25) is 0 Å². The molecule has 0 aliphatic carbocycles. The molecule has 30 heavy (non-hydrogen) atoms. The molecule has 9 heteroatoms. The van der Waals surface area contributed by atoms with Crippen LogP contribution in [0.3, 0.4) is 0 Å². The van der Waals surface area contributed by atoms with Gasteiger partial charge in [-0.15, -0.1) is 0 Å². The van der Waals surface area contributed by atoms with E-state index < -0.39 is 12.8 Å². The number of carbonyl (C=O) groups excluding carboxylic acids is 1. The quantitative estimate of drug-likeness (QED) is 0.740. The Morgan fingerprint density at radius 1 is 1.03 bits per heavy atom. The summed E-state index contributed by atoms with van der Waals surface area (Å²) in [5.41, 5.74) is 1.32. The van der Waals surface area contributed by atoms with Crippen molar-refractivity contribution in [2.75, 3.05) is 56.7 Å². The standard InChI is InChI=1S/C21H24F3N3O3/c1-29-17-8-6-16(7-9-17)27-12-10-26(11-13-27)14-20(28)25-18-4-2-3-5-19(18)30-15-21(22,23)24/h2-9H,10-15H2,1H3,(H,25,28). The number of amides is 1. The summed E-state index contributed by atoms with van der Waals surface area (Å²) in [6, 6.07) is 13.9. The van der Waals surface area contributed by atoms with Crippen LogP contribution in [0.1, 0.15) is 0 Å². The van der Waals surface area contributed by atoms with Gasteiger partial charge >= 0.3 is 6.18 Å². The SMILES string of the molecule is COc1ccc(N2CCN(CC(=O)Nc3ccccc3OCC(F)(F)F)CC2)cc1. The third-order valence-corrected chi connectivity index (χ3v) is 4.73. The molecule has 1 heterocycles. The number of hydrogen-bond donors (Lipinski definition) is 1. The van der Waals surface area contributed by atoms with Crippen LogP contribution in [0.5, 0.6) is 11.5 Å². The Labute approximate surface area is 173 Å². The summed E-state index contributed by atoms with van der Waals surface area (Å²) in [5, 5.41) is 2.65. The van der Waals surface area contributed by atoms with Crippen LogP contribution in [-0.4, -0.2) is 63.4 Å².